The molecule has 0 aromatic carbocycles. The molecule has 1 saturated carbocycles. The zero-order chi connectivity index (χ0) is 11.8. The minimum absolute atomic E-state index is 0.518. The molecule has 0 spiro atoms. The van der Waals surface area contributed by atoms with Gasteiger partial charge in [-0.2, -0.15) is 0 Å². The van der Waals surface area contributed by atoms with Crippen LogP contribution in [0.1, 0.15) is 38.5 Å². The van der Waals surface area contributed by atoms with E-state index in [2.05, 4.69) is 53.5 Å². The van der Waals surface area contributed by atoms with Gasteiger partial charge in [-0.05, 0) is 51.6 Å². The third kappa shape index (κ3) is 2.88. The van der Waals surface area contributed by atoms with Gasteiger partial charge in [-0.3, -0.25) is 0 Å². The SMILES string of the molecule is CC1CC(C)(C)CC1NCc1sccc1Br. The molecule has 1 fully saturated rings. The van der Waals surface area contributed by atoms with Crippen molar-refractivity contribution >= 4 is 27.3 Å². The second-order valence-electron chi connectivity index (χ2n) is 5.73. The van der Waals surface area contributed by atoms with E-state index in [1.165, 1.54) is 22.2 Å². The van der Waals surface area contributed by atoms with Crippen molar-refractivity contribution in [2.45, 2.75) is 46.2 Å². The molecule has 0 aliphatic heterocycles. The molecule has 0 saturated heterocycles. The highest BCUT2D eigenvalue weighted by molar-refractivity contribution is 9.10. The van der Waals surface area contributed by atoms with Gasteiger partial charge in [0, 0.05) is 21.9 Å². The van der Waals surface area contributed by atoms with E-state index in [1.807, 2.05) is 11.3 Å². The average molecular weight is 302 g/mol. The van der Waals surface area contributed by atoms with Gasteiger partial charge in [0.05, 0.1) is 0 Å². The predicted octanol–water partition coefficient (Wildman–Crippen LogP) is 4.42. The van der Waals surface area contributed by atoms with E-state index in [4.69, 9.17) is 0 Å². The van der Waals surface area contributed by atoms with Crippen molar-refractivity contribution in [3.8, 4) is 0 Å². The van der Waals surface area contributed by atoms with Crippen molar-refractivity contribution < 1.29 is 0 Å². The Kier molecular flexibility index (Phi) is 3.77. The minimum atomic E-state index is 0.518. The Balaban J connectivity index is 1.90. The molecular formula is C13H20BrNS. The van der Waals surface area contributed by atoms with Gasteiger partial charge in [-0.25, -0.2) is 0 Å². The fourth-order valence-corrected chi connectivity index (χ4v) is 4.29. The number of thiophene rings is 1. The highest BCUT2D eigenvalue weighted by Gasteiger charge is 2.36. The molecule has 2 rings (SSSR count). The third-order valence-corrected chi connectivity index (χ3v) is 5.48. The van der Waals surface area contributed by atoms with E-state index in [1.54, 1.807) is 0 Å². The van der Waals surface area contributed by atoms with Crippen molar-refractivity contribution in [1.29, 1.82) is 0 Å². The van der Waals surface area contributed by atoms with Crippen LogP contribution in [0.25, 0.3) is 0 Å². The van der Waals surface area contributed by atoms with Gasteiger partial charge in [0.25, 0.3) is 0 Å². The van der Waals surface area contributed by atoms with E-state index in [0.29, 0.717) is 11.5 Å². The first kappa shape index (κ1) is 12.6. The molecule has 3 heteroatoms. The Morgan fingerprint density at radius 2 is 2.25 bits per heavy atom. The lowest BCUT2D eigenvalue weighted by Crippen LogP contribution is -2.30. The van der Waals surface area contributed by atoms with Crippen LogP contribution in [0, 0.1) is 11.3 Å². The fourth-order valence-electron chi connectivity index (χ4n) is 2.84. The van der Waals surface area contributed by atoms with Gasteiger partial charge in [-0.1, -0.05) is 20.8 Å². The van der Waals surface area contributed by atoms with Gasteiger partial charge in [0.15, 0.2) is 0 Å². The Hall–Kier alpha value is 0.140. The number of hydrogen-bond donors (Lipinski definition) is 1. The fraction of sp³-hybridized carbons (Fsp3) is 0.692. The van der Waals surface area contributed by atoms with E-state index < -0.39 is 0 Å². The summed E-state index contributed by atoms with van der Waals surface area (Å²) in [4.78, 5) is 1.41. The van der Waals surface area contributed by atoms with E-state index >= 15 is 0 Å². The van der Waals surface area contributed by atoms with Crippen LogP contribution in [0.2, 0.25) is 0 Å². The quantitative estimate of drug-likeness (QED) is 0.871. The largest absolute Gasteiger partial charge is 0.309 e. The molecule has 1 aliphatic rings. The van der Waals surface area contributed by atoms with Gasteiger partial charge in [0.2, 0.25) is 0 Å². The number of halogens is 1. The van der Waals surface area contributed by atoms with Crippen molar-refractivity contribution in [3.63, 3.8) is 0 Å². The van der Waals surface area contributed by atoms with Crippen LogP contribution in [-0.4, -0.2) is 6.04 Å². The summed E-state index contributed by atoms with van der Waals surface area (Å²) in [6.07, 6.45) is 2.65. The topological polar surface area (TPSA) is 12.0 Å². The molecule has 0 radical (unpaired) electrons. The lowest BCUT2D eigenvalue weighted by Gasteiger charge is -2.18. The first-order chi connectivity index (χ1) is 7.48. The molecule has 2 unspecified atom stereocenters. The maximum absolute atomic E-state index is 3.71. The molecule has 1 aromatic heterocycles. The Morgan fingerprint density at radius 3 is 2.75 bits per heavy atom. The van der Waals surface area contributed by atoms with Gasteiger partial charge in [0.1, 0.15) is 0 Å². The highest BCUT2D eigenvalue weighted by atomic mass is 79.9. The van der Waals surface area contributed by atoms with E-state index in [-0.39, 0.29) is 0 Å². The third-order valence-electron chi connectivity index (χ3n) is 3.55. The zero-order valence-corrected chi connectivity index (χ0v) is 12.6. The lowest BCUT2D eigenvalue weighted by atomic mass is 9.91. The summed E-state index contributed by atoms with van der Waals surface area (Å²) < 4.78 is 1.25. The monoisotopic (exact) mass is 301 g/mol. The van der Waals surface area contributed by atoms with Crippen LogP contribution in [0.15, 0.2) is 15.9 Å². The second-order valence-corrected chi connectivity index (χ2v) is 7.58. The summed E-state index contributed by atoms with van der Waals surface area (Å²) in [5, 5.41) is 5.85. The van der Waals surface area contributed by atoms with Crippen LogP contribution in [0.4, 0.5) is 0 Å². The molecule has 90 valence electrons. The Labute approximate surface area is 111 Å². The minimum Gasteiger partial charge on any atom is -0.309 e. The molecule has 0 bridgehead atoms. The summed E-state index contributed by atoms with van der Waals surface area (Å²) in [7, 11) is 0. The number of hydrogen-bond acceptors (Lipinski definition) is 2. The van der Waals surface area contributed by atoms with Crippen LogP contribution in [0.3, 0.4) is 0 Å². The van der Waals surface area contributed by atoms with E-state index in [9.17, 15) is 0 Å². The smallest absolute Gasteiger partial charge is 0.0327 e. The highest BCUT2D eigenvalue weighted by Crippen LogP contribution is 2.41. The number of rotatable bonds is 3. The maximum Gasteiger partial charge on any atom is 0.0327 e. The first-order valence-corrected chi connectivity index (χ1v) is 7.60. The van der Waals surface area contributed by atoms with Gasteiger partial charge >= 0.3 is 0 Å². The molecular weight excluding hydrogens is 282 g/mol. The molecule has 1 aromatic rings. The average Bonchev–Trinajstić information content (AvgIpc) is 2.67. The predicted molar refractivity (Wildman–Crippen MR) is 74.8 cm³/mol. The van der Waals surface area contributed by atoms with E-state index in [0.717, 1.165) is 12.5 Å². The van der Waals surface area contributed by atoms with Crippen LogP contribution in [-0.2, 0) is 6.54 Å². The molecule has 1 heterocycles. The van der Waals surface area contributed by atoms with Crippen molar-refractivity contribution in [2.24, 2.45) is 11.3 Å². The lowest BCUT2D eigenvalue weighted by molar-refractivity contribution is 0.362. The van der Waals surface area contributed by atoms with Gasteiger partial charge in [-0.15, -0.1) is 11.3 Å². The van der Waals surface area contributed by atoms with Crippen LogP contribution in [0.5, 0.6) is 0 Å². The van der Waals surface area contributed by atoms with Crippen molar-refractivity contribution in [3.05, 3.63) is 20.8 Å². The molecule has 16 heavy (non-hydrogen) atoms. The molecule has 1 nitrogen and oxygen atoms in total. The normalized spacial score (nSPS) is 28.5. The summed E-state index contributed by atoms with van der Waals surface area (Å²) in [5.41, 5.74) is 0.518. The summed E-state index contributed by atoms with van der Waals surface area (Å²) in [5.74, 6) is 0.800. The first-order valence-electron chi connectivity index (χ1n) is 5.93. The van der Waals surface area contributed by atoms with Crippen molar-refractivity contribution in [1.82, 2.24) is 5.32 Å². The molecule has 1 N–H and O–H groups in total. The summed E-state index contributed by atoms with van der Waals surface area (Å²) in [6, 6.07) is 2.81. The molecule has 2 atom stereocenters. The summed E-state index contributed by atoms with van der Waals surface area (Å²) in [6.45, 7) is 8.14. The summed E-state index contributed by atoms with van der Waals surface area (Å²) >= 11 is 5.41. The van der Waals surface area contributed by atoms with Crippen LogP contribution >= 0.6 is 27.3 Å². The van der Waals surface area contributed by atoms with Gasteiger partial charge < -0.3 is 5.32 Å². The Bertz CT molecular complexity index is 359. The number of nitrogens with one attached hydrogen (secondary N) is 1. The Morgan fingerprint density at radius 1 is 1.50 bits per heavy atom. The van der Waals surface area contributed by atoms with Crippen molar-refractivity contribution in [2.75, 3.05) is 0 Å². The maximum atomic E-state index is 3.71. The second kappa shape index (κ2) is 4.79. The zero-order valence-electron chi connectivity index (χ0n) is 10.2. The standard InChI is InChI=1S/C13H20BrNS/c1-9-6-13(2,3)7-11(9)15-8-12-10(14)4-5-16-12/h4-5,9,11,15H,6-8H2,1-3H3. The molecule has 0 amide bonds. The van der Waals surface area contributed by atoms with Crippen LogP contribution < -0.4 is 5.32 Å². The molecule has 1 aliphatic carbocycles.